The van der Waals surface area contributed by atoms with Gasteiger partial charge < -0.3 is 10.1 Å². The molecule has 2 aromatic carbocycles. The SMILES string of the molecule is CNCC(CC1CCCc2cc(OC)ccc21)c1ccccc1. The van der Waals surface area contributed by atoms with Crippen molar-refractivity contribution in [3.63, 3.8) is 0 Å². The number of hydrogen-bond donors (Lipinski definition) is 1. The molecule has 0 fully saturated rings. The van der Waals surface area contributed by atoms with Crippen LogP contribution in [0.4, 0.5) is 0 Å². The Morgan fingerprint density at radius 3 is 2.74 bits per heavy atom. The summed E-state index contributed by atoms with van der Waals surface area (Å²) in [5.41, 5.74) is 4.47. The van der Waals surface area contributed by atoms with E-state index in [4.69, 9.17) is 4.74 Å². The van der Waals surface area contributed by atoms with Crippen molar-refractivity contribution in [1.29, 1.82) is 0 Å². The van der Waals surface area contributed by atoms with Gasteiger partial charge in [0.1, 0.15) is 5.75 Å². The van der Waals surface area contributed by atoms with E-state index in [0.717, 1.165) is 12.3 Å². The molecule has 23 heavy (non-hydrogen) atoms. The first-order chi connectivity index (χ1) is 11.3. The molecule has 0 aliphatic heterocycles. The second-order valence-corrected chi connectivity index (χ2v) is 6.55. The van der Waals surface area contributed by atoms with Crippen molar-refractivity contribution in [2.45, 2.75) is 37.5 Å². The highest BCUT2D eigenvalue weighted by molar-refractivity contribution is 5.39. The van der Waals surface area contributed by atoms with Crippen LogP contribution in [-0.4, -0.2) is 20.7 Å². The first-order valence-electron chi connectivity index (χ1n) is 8.68. The zero-order chi connectivity index (χ0) is 16.1. The lowest BCUT2D eigenvalue weighted by Gasteiger charge is -2.29. The van der Waals surface area contributed by atoms with Gasteiger partial charge >= 0.3 is 0 Å². The Labute approximate surface area is 139 Å². The smallest absolute Gasteiger partial charge is 0.119 e. The molecule has 0 spiro atoms. The van der Waals surface area contributed by atoms with Gasteiger partial charge in [0.05, 0.1) is 7.11 Å². The maximum atomic E-state index is 5.39. The van der Waals surface area contributed by atoms with Crippen LogP contribution in [0.15, 0.2) is 48.5 Å². The third kappa shape index (κ3) is 3.76. The van der Waals surface area contributed by atoms with Crippen molar-refractivity contribution in [2.75, 3.05) is 20.7 Å². The summed E-state index contributed by atoms with van der Waals surface area (Å²) in [5.74, 6) is 2.21. The molecule has 0 radical (unpaired) electrons. The van der Waals surface area contributed by atoms with Crippen molar-refractivity contribution in [1.82, 2.24) is 5.32 Å². The predicted octanol–water partition coefficient (Wildman–Crippen LogP) is 4.51. The average molecular weight is 309 g/mol. The summed E-state index contributed by atoms with van der Waals surface area (Å²) in [7, 11) is 3.80. The van der Waals surface area contributed by atoms with Gasteiger partial charge in [-0.2, -0.15) is 0 Å². The molecule has 2 nitrogen and oxygen atoms in total. The number of ether oxygens (including phenoxy) is 1. The highest BCUT2D eigenvalue weighted by atomic mass is 16.5. The fraction of sp³-hybridized carbons (Fsp3) is 0.429. The molecular formula is C21H27NO. The van der Waals surface area contributed by atoms with Crippen LogP contribution in [0.2, 0.25) is 0 Å². The van der Waals surface area contributed by atoms with E-state index < -0.39 is 0 Å². The topological polar surface area (TPSA) is 21.3 Å². The van der Waals surface area contributed by atoms with Gasteiger partial charge in [-0.1, -0.05) is 36.4 Å². The average Bonchev–Trinajstić information content (AvgIpc) is 2.61. The molecule has 3 rings (SSSR count). The molecule has 0 saturated heterocycles. The van der Waals surface area contributed by atoms with E-state index >= 15 is 0 Å². The summed E-state index contributed by atoms with van der Waals surface area (Å²) in [6.45, 7) is 1.03. The minimum Gasteiger partial charge on any atom is -0.497 e. The lowest BCUT2D eigenvalue weighted by molar-refractivity contribution is 0.411. The molecule has 0 heterocycles. The molecule has 2 heteroatoms. The number of aryl methyl sites for hydroxylation is 1. The van der Waals surface area contributed by atoms with Gasteiger partial charge in [-0.25, -0.2) is 0 Å². The van der Waals surface area contributed by atoms with Crippen LogP contribution in [0.25, 0.3) is 0 Å². The van der Waals surface area contributed by atoms with Crippen LogP contribution in [0, 0.1) is 0 Å². The largest absolute Gasteiger partial charge is 0.497 e. The second-order valence-electron chi connectivity index (χ2n) is 6.55. The molecule has 1 aliphatic rings. The second kappa shape index (κ2) is 7.65. The van der Waals surface area contributed by atoms with E-state index in [1.54, 1.807) is 7.11 Å². The Balaban J connectivity index is 1.82. The lowest BCUT2D eigenvalue weighted by atomic mass is 9.76. The minimum atomic E-state index is 0.569. The summed E-state index contributed by atoms with van der Waals surface area (Å²) in [6, 6.07) is 17.6. The van der Waals surface area contributed by atoms with E-state index in [1.807, 2.05) is 0 Å². The first-order valence-corrected chi connectivity index (χ1v) is 8.68. The van der Waals surface area contributed by atoms with Crippen molar-refractivity contribution in [2.24, 2.45) is 0 Å². The van der Waals surface area contributed by atoms with Crippen LogP contribution < -0.4 is 10.1 Å². The molecule has 122 valence electrons. The standard InChI is InChI=1S/C21H27NO/c1-22-15-19(16-7-4-3-5-8-16)13-17-9-6-10-18-14-20(23-2)11-12-21(17)18/h3-5,7-8,11-12,14,17,19,22H,6,9-10,13,15H2,1-2H3. The van der Waals surface area contributed by atoms with E-state index in [1.165, 1.54) is 42.4 Å². The van der Waals surface area contributed by atoms with Crippen molar-refractivity contribution < 1.29 is 4.74 Å². The Kier molecular flexibility index (Phi) is 5.35. The Morgan fingerprint density at radius 1 is 1.17 bits per heavy atom. The van der Waals surface area contributed by atoms with Gasteiger partial charge in [0, 0.05) is 6.54 Å². The molecule has 1 N–H and O–H groups in total. The summed E-state index contributed by atoms with van der Waals surface area (Å²) >= 11 is 0. The number of methoxy groups -OCH3 is 1. The Bertz CT molecular complexity index is 623. The fourth-order valence-electron chi connectivity index (χ4n) is 3.92. The lowest BCUT2D eigenvalue weighted by Crippen LogP contribution is -2.21. The number of likely N-dealkylation sites (N-methyl/N-ethyl adjacent to an activating group) is 1. The minimum absolute atomic E-state index is 0.569. The molecule has 2 unspecified atom stereocenters. The Morgan fingerprint density at radius 2 is 2.00 bits per heavy atom. The summed E-state index contributed by atoms with van der Waals surface area (Å²) < 4.78 is 5.39. The van der Waals surface area contributed by atoms with Gasteiger partial charge in [0.15, 0.2) is 0 Å². The monoisotopic (exact) mass is 309 g/mol. The van der Waals surface area contributed by atoms with E-state index in [0.29, 0.717) is 11.8 Å². The molecule has 0 aromatic heterocycles. The van der Waals surface area contributed by atoms with Gasteiger partial charge in [-0.15, -0.1) is 0 Å². The number of fused-ring (bicyclic) bond motifs is 1. The molecule has 0 amide bonds. The number of hydrogen-bond acceptors (Lipinski definition) is 2. The molecular weight excluding hydrogens is 282 g/mol. The van der Waals surface area contributed by atoms with Gasteiger partial charge in [0.2, 0.25) is 0 Å². The predicted molar refractivity (Wildman–Crippen MR) is 96.4 cm³/mol. The molecule has 0 saturated carbocycles. The maximum Gasteiger partial charge on any atom is 0.119 e. The third-order valence-corrected chi connectivity index (χ3v) is 5.08. The van der Waals surface area contributed by atoms with Crippen LogP contribution in [0.3, 0.4) is 0 Å². The van der Waals surface area contributed by atoms with Gasteiger partial charge in [-0.05, 0) is 73.4 Å². The van der Waals surface area contributed by atoms with Crippen LogP contribution >= 0.6 is 0 Å². The molecule has 2 aromatic rings. The summed E-state index contributed by atoms with van der Waals surface area (Å²) in [4.78, 5) is 0. The number of rotatable bonds is 6. The molecule has 0 bridgehead atoms. The normalized spacial score (nSPS) is 18.3. The number of nitrogens with one attached hydrogen (secondary N) is 1. The number of benzene rings is 2. The first kappa shape index (κ1) is 16.1. The van der Waals surface area contributed by atoms with E-state index in [2.05, 4.69) is 60.9 Å². The van der Waals surface area contributed by atoms with E-state index in [9.17, 15) is 0 Å². The van der Waals surface area contributed by atoms with Crippen molar-refractivity contribution >= 4 is 0 Å². The third-order valence-electron chi connectivity index (χ3n) is 5.08. The quantitative estimate of drug-likeness (QED) is 0.848. The molecule has 2 atom stereocenters. The van der Waals surface area contributed by atoms with Crippen molar-refractivity contribution in [3.8, 4) is 5.75 Å². The highest BCUT2D eigenvalue weighted by Gasteiger charge is 2.24. The maximum absolute atomic E-state index is 5.39. The molecule has 1 aliphatic carbocycles. The van der Waals surface area contributed by atoms with Crippen LogP contribution in [-0.2, 0) is 6.42 Å². The zero-order valence-electron chi connectivity index (χ0n) is 14.2. The van der Waals surface area contributed by atoms with Gasteiger partial charge in [0.25, 0.3) is 0 Å². The zero-order valence-corrected chi connectivity index (χ0v) is 14.2. The van der Waals surface area contributed by atoms with E-state index in [-0.39, 0.29) is 0 Å². The van der Waals surface area contributed by atoms with Gasteiger partial charge in [-0.3, -0.25) is 0 Å². The Hall–Kier alpha value is -1.80. The van der Waals surface area contributed by atoms with Crippen molar-refractivity contribution in [3.05, 3.63) is 65.2 Å². The fourth-order valence-corrected chi connectivity index (χ4v) is 3.92. The summed E-state index contributed by atoms with van der Waals surface area (Å²) in [5, 5.41) is 3.38. The van der Waals surface area contributed by atoms with Crippen LogP contribution in [0.1, 0.15) is 47.8 Å². The summed E-state index contributed by atoms with van der Waals surface area (Å²) in [6.07, 6.45) is 4.98. The van der Waals surface area contributed by atoms with Crippen LogP contribution in [0.5, 0.6) is 5.75 Å². The highest BCUT2D eigenvalue weighted by Crippen LogP contribution is 2.39.